The number of ether oxygens (including phenoxy) is 1. The molecule has 160 valence electrons. The standard InChI is InChI=1S/C23H24N4O4/c1-15-13-26(22(29)16-7-5-4-6-8-16)11-12-27(15)23(30)21(28)17-14-25(2)20-18(31-3)9-10-24-19(17)20/h4-10,14-15H,11-13H2,1-3H3/t15-/m1/s1. The largest absolute Gasteiger partial charge is 0.494 e. The van der Waals surface area contributed by atoms with Crippen LogP contribution in [0.1, 0.15) is 27.6 Å². The molecule has 0 radical (unpaired) electrons. The van der Waals surface area contributed by atoms with E-state index in [1.807, 2.05) is 25.1 Å². The van der Waals surface area contributed by atoms with Gasteiger partial charge in [-0.2, -0.15) is 0 Å². The van der Waals surface area contributed by atoms with Crippen LogP contribution in [0, 0.1) is 0 Å². The normalized spacial score (nSPS) is 16.4. The number of aromatic nitrogens is 2. The van der Waals surface area contributed by atoms with Crippen LogP contribution in [0.4, 0.5) is 0 Å². The minimum atomic E-state index is -0.610. The second-order valence-electron chi connectivity index (χ2n) is 7.66. The highest BCUT2D eigenvalue weighted by Crippen LogP contribution is 2.28. The first-order valence-electron chi connectivity index (χ1n) is 10.1. The second kappa shape index (κ2) is 8.22. The molecule has 8 nitrogen and oxygen atoms in total. The van der Waals surface area contributed by atoms with Crippen LogP contribution < -0.4 is 4.74 Å². The molecule has 0 N–H and O–H groups in total. The summed E-state index contributed by atoms with van der Waals surface area (Å²) in [6.07, 6.45) is 3.17. The molecule has 1 aliphatic rings. The van der Waals surface area contributed by atoms with Gasteiger partial charge in [0.15, 0.2) is 0 Å². The average Bonchev–Trinajstić information content (AvgIpc) is 3.14. The molecule has 0 aliphatic carbocycles. The molecule has 0 unspecified atom stereocenters. The van der Waals surface area contributed by atoms with Crippen molar-refractivity contribution in [1.82, 2.24) is 19.4 Å². The SMILES string of the molecule is COc1ccnc2c(C(=O)C(=O)N3CCN(C(=O)c4ccccc4)C[C@H]3C)cn(C)c12. The van der Waals surface area contributed by atoms with Gasteiger partial charge in [0.05, 0.1) is 12.7 Å². The van der Waals surface area contributed by atoms with Crippen molar-refractivity contribution in [2.75, 3.05) is 26.7 Å². The first-order chi connectivity index (χ1) is 14.9. The number of hydrogen-bond acceptors (Lipinski definition) is 5. The second-order valence-corrected chi connectivity index (χ2v) is 7.66. The monoisotopic (exact) mass is 420 g/mol. The Morgan fingerprint density at radius 2 is 1.84 bits per heavy atom. The number of aryl methyl sites for hydroxylation is 1. The van der Waals surface area contributed by atoms with Crippen LogP contribution in [0.25, 0.3) is 11.0 Å². The molecule has 2 aromatic heterocycles. The van der Waals surface area contributed by atoms with E-state index in [1.165, 1.54) is 4.90 Å². The zero-order chi connectivity index (χ0) is 22.1. The van der Waals surface area contributed by atoms with Crippen molar-refractivity contribution in [3.63, 3.8) is 0 Å². The van der Waals surface area contributed by atoms with Gasteiger partial charge >= 0.3 is 0 Å². The Bertz CT molecular complexity index is 1160. The lowest BCUT2D eigenvalue weighted by Crippen LogP contribution is -2.56. The van der Waals surface area contributed by atoms with Crippen LogP contribution in [0.15, 0.2) is 48.8 Å². The summed E-state index contributed by atoms with van der Waals surface area (Å²) in [5.74, 6) is -0.686. The Balaban J connectivity index is 1.53. The third kappa shape index (κ3) is 3.65. The van der Waals surface area contributed by atoms with Gasteiger partial charge in [-0.1, -0.05) is 18.2 Å². The summed E-state index contributed by atoms with van der Waals surface area (Å²) in [5.41, 5.74) is 1.95. The molecule has 3 aromatic rings. The van der Waals surface area contributed by atoms with E-state index in [1.54, 1.807) is 54.2 Å². The summed E-state index contributed by atoms with van der Waals surface area (Å²) >= 11 is 0. The molecule has 1 aromatic carbocycles. The predicted octanol–water partition coefficient (Wildman–Crippen LogP) is 2.14. The quantitative estimate of drug-likeness (QED) is 0.477. The maximum absolute atomic E-state index is 13.1. The average molecular weight is 420 g/mol. The van der Waals surface area contributed by atoms with Gasteiger partial charge in [0, 0.05) is 56.7 Å². The highest BCUT2D eigenvalue weighted by atomic mass is 16.5. The van der Waals surface area contributed by atoms with E-state index in [-0.39, 0.29) is 17.5 Å². The molecule has 3 heterocycles. The van der Waals surface area contributed by atoms with Crippen LogP contribution in [0.2, 0.25) is 0 Å². The molecule has 2 amide bonds. The van der Waals surface area contributed by atoms with E-state index in [4.69, 9.17) is 4.74 Å². The number of amides is 2. The van der Waals surface area contributed by atoms with Crippen molar-refractivity contribution in [2.45, 2.75) is 13.0 Å². The van der Waals surface area contributed by atoms with Crippen LogP contribution in [0.5, 0.6) is 5.75 Å². The Morgan fingerprint density at radius 3 is 2.52 bits per heavy atom. The number of carbonyl (C=O) groups is 3. The zero-order valence-corrected chi connectivity index (χ0v) is 17.7. The number of pyridine rings is 1. The van der Waals surface area contributed by atoms with Gasteiger partial charge in [-0.25, -0.2) is 0 Å². The van der Waals surface area contributed by atoms with E-state index in [2.05, 4.69) is 4.98 Å². The van der Waals surface area contributed by atoms with Crippen LogP contribution in [-0.4, -0.2) is 69.7 Å². The van der Waals surface area contributed by atoms with Crippen molar-refractivity contribution < 1.29 is 19.1 Å². The number of carbonyl (C=O) groups excluding carboxylic acids is 3. The molecular formula is C23H24N4O4. The van der Waals surface area contributed by atoms with Crippen molar-refractivity contribution in [3.8, 4) is 5.75 Å². The number of nitrogens with zero attached hydrogens (tertiary/aromatic N) is 4. The molecule has 1 atom stereocenters. The first-order valence-corrected chi connectivity index (χ1v) is 10.1. The number of benzene rings is 1. The highest BCUT2D eigenvalue weighted by Gasteiger charge is 2.34. The minimum Gasteiger partial charge on any atom is -0.494 e. The van der Waals surface area contributed by atoms with Crippen LogP contribution >= 0.6 is 0 Å². The minimum absolute atomic E-state index is 0.0729. The van der Waals surface area contributed by atoms with E-state index in [0.29, 0.717) is 42.0 Å². The van der Waals surface area contributed by atoms with Gasteiger partial charge in [-0.15, -0.1) is 0 Å². The molecule has 8 heteroatoms. The molecule has 1 saturated heterocycles. The number of ketones is 1. The fraction of sp³-hybridized carbons (Fsp3) is 0.304. The first kappa shape index (κ1) is 20.6. The molecule has 1 fully saturated rings. The van der Waals surface area contributed by atoms with E-state index >= 15 is 0 Å². The summed E-state index contributed by atoms with van der Waals surface area (Å²) in [4.78, 5) is 46.4. The molecule has 1 aliphatic heterocycles. The molecule has 31 heavy (non-hydrogen) atoms. The van der Waals surface area contributed by atoms with Crippen LogP contribution in [0.3, 0.4) is 0 Å². The van der Waals surface area contributed by atoms with E-state index in [0.717, 1.165) is 0 Å². The lowest BCUT2D eigenvalue weighted by Gasteiger charge is -2.39. The van der Waals surface area contributed by atoms with Gasteiger partial charge in [0.1, 0.15) is 16.8 Å². The Hall–Kier alpha value is -3.68. The summed E-state index contributed by atoms with van der Waals surface area (Å²) < 4.78 is 7.10. The van der Waals surface area contributed by atoms with Crippen molar-refractivity contribution >= 4 is 28.6 Å². The Kier molecular flexibility index (Phi) is 5.46. The summed E-state index contributed by atoms with van der Waals surface area (Å²) in [6.45, 7) is 2.89. The third-order valence-corrected chi connectivity index (χ3v) is 5.67. The molecule has 0 saturated carbocycles. The van der Waals surface area contributed by atoms with Crippen LogP contribution in [-0.2, 0) is 11.8 Å². The highest BCUT2D eigenvalue weighted by molar-refractivity contribution is 6.44. The molecular weight excluding hydrogens is 396 g/mol. The summed E-state index contributed by atoms with van der Waals surface area (Å²) in [5, 5.41) is 0. The number of hydrogen-bond donors (Lipinski definition) is 0. The van der Waals surface area contributed by atoms with Gasteiger partial charge in [-0.05, 0) is 19.1 Å². The fourth-order valence-corrected chi connectivity index (χ4v) is 4.08. The van der Waals surface area contributed by atoms with Gasteiger partial charge in [-0.3, -0.25) is 19.4 Å². The van der Waals surface area contributed by atoms with Crippen molar-refractivity contribution in [2.24, 2.45) is 7.05 Å². The van der Waals surface area contributed by atoms with E-state index in [9.17, 15) is 14.4 Å². The topological polar surface area (TPSA) is 84.7 Å². The maximum Gasteiger partial charge on any atom is 0.295 e. The fourth-order valence-electron chi connectivity index (χ4n) is 4.08. The molecule has 0 spiro atoms. The van der Waals surface area contributed by atoms with Crippen molar-refractivity contribution in [3.05, 3.63) is 59.9 Å². The van der Waals surface area contributed by atoms with E-state index < -0.39 is 11.7 Å². The number of Topliss-reactive ketones (excluding diaryl/α,β-unsaturated/α-hetero) is 1. The smallest absolute Gasteiger partial charge is 0.295 e. The molecule has 4 rings (SSSR count). The summed E-state index contributed by atoms with van der Waals surface area (Å²) in [7, 11) is 3.33. The predicted molar refractivity (Wildman–Crippen MR) is 115 cm³/mol. The third-order valence-electron chi connectivity index (χ3n) is 5.67. The lowest BCUT2D eigenvalue weighted by molar-refractivity contribution is -0.130. The number of methoxy groups -OCH3 is 1. The lowest BCUT2D eigenvalue weighted by atomic mass is 10.1. The van der Waals surface area contributed by atoms with Gasteiger partial charge in [0.2, 0.25) is 0 Å². The maximum atomic E-state index is 13.1. The number of piperazine rings is 1. The summed E-state index contributed by atoms with van der Waals surface area (Å²) in [6, 6.07) is 10.5. The van der Waals surface area contributed by atoms with Crippen molar-refractivity contribution in [1.29, 1.82) is 0 Å². The zero-order valence-electron chi connectivity index (χ0n) is 17.7. The number of fused-ring (bicyclic) bond motifs is 1. The number of rotatable bonds is 4. The Morgan fingerprint density at radius 1 is 1.10 bits per heavy atom. The van der Waals surface area contributed by atoms with Gasteiger partial charge in [0.25, 0.3) is 17.6 Å². The molecule has 0 bridgehead atoms. The Labute approximate surface area is 180 Å². The van der Waals surface area contributed by atoms with Gasteiger partial charge < -0.3 is 19.1 Å².